The molecule has 0 aromatic carbocycles. The summed E-state index contributed by atoms with van der Waals surface area (Å²) < 4.78 is 13.1. The SMILES string of the molecule is [C-]#[N+]c1cc(N2[B]N(C(C)C)C=C2)ncc1F. The summed E-state index contributed by atoms with van der Waals surface area (Å²) in [5.41, 5.74) is -0.0141. The lowest BCUT2D eigenvalue weighted by Crippen LogP contribution is -2.34. The van der Waals surface area contributed by atoms with Crippen molar-refractivity contribution in [2.45, 2.75) is 19.9 Å². The zero-order valence-corrected chi connectivity index (χ0v) is 9.63. The first-order valence-electron chi connectivity index (χ1n) is 5.24. The van der Waals surface area contributed by atoms with Gasteiger partial charge in [-0.1, -0.05) is 0 Å². The Morgan fingerprint density at radius 1 is 1.47 bits per heavy atom. The highest BCUT2D eigenvalue weighted by Gasteiger charge is 2.20. The van der Waals surface area contributed by atoms with Gasteiger partial charge in [-0.2, -0.15) is 0 Å². The lowest BCUT2D eigenvalue weighted by molar-refractivity contribution is 0.491. The second-order valence-electron chi connectivity index (χ2n) is 3.97. The molecule has 1 radical (unpaired) electrons. The Hall–Kier alpha value is -2.03. The Bertz CT molecular complexity index is 495. The van der Waals surface area contributed by atoms with Gasteiger partial charge in [0, 0.05) is 18.4 Å². The highest BCUT2D eigenvalue weighted by molar-refractivity contribution is 6.40. The summed E-state index contributed by atoms with van der Waals surface area (Å²) in [7, 11) is 1.86. The van der Waals surface area contributed by atoms with Crippen LogP contribution in [0.15, 0.2) is 24.7 Å². The van der Waals surface area contributed by atoms with Gasteiger partial charge < -0.3 is 9.62 Å². The average Bonchev–Trinajstić information content (AvgIpc) is 2.79. The molecule has 0 spiro atoms. The lowest BCUT2D eigenvalue weighted by atomic mass is 10.1. The summed E-state index contributed by atoms with van der Waals surface area (Å²) in [6, 6.07) is 1.78. The monoisotopic (exact) mass is 229 g/mol. The maximum atomic E-state index is 13.1. The fourth-order valence-electron chi connectivity index (χ4n) is 1.45. The number of hydrogen-bond donors (Lipinski definition) is 0. The average molecular weight is 229 g/mol. The van der Waals surface area contributed by atoms with Crippen molar-refractivity contribution in [3.05, 3.63) is 41.9 Å². The molecule has 85 valence electrons. The number of anilines is 1. The minimum absolute atomic E-state index is 0.0141. The molecule has 0 saturated heterocycles. The molecule has 4 nitrogen and oxygen atoms in total. The Morgan fingerprint density at radius 3 is 2.82 bits per heavy atom. The van der Waals surface area contributed by atoms with Crippen molar-refractivity contribution in [2.75, 3.05) is 4.81 Å². The van der Waals surface area contributed by atoms with E-state index in [1.165, 1.54) is 6.07 Å². The smallest absolute Gasteiger partial charge is 0.396 e. The van der Waals surface area contributed by atoms with Gasteiger partial charge >= 0.3 is 7.55 Å². The lowest BCUT2D eigenvalue weighted by Gasteiger charge is -2.21. The topological polar surface area (TPSA) is 23.7 Å². The maximum Gasteiger partial charge on any atom is 0.396 e. The summed E-state index contributed by atoms with van der Waals surface area (Å²) in [5, 5.41) is 0. The zero-order chi connectivity index (χ0) is 12.4. The van der Waals surface area contributed by atoms with Gasteiger partial charge in [-0.15, -0.1) is 0 Å². The van der Waals surface area contributed by atoms with E-state index in [2.05, 4.69) is 23.7 Å². The van der Waals surface area contributed by atoms with E-state index in [1.807, 2.05) is 24.8 Å². The highest BCUT2D eigenvalue weighted by atomic mass is 19.1. The molecular formula is C11H11BFN4. The minimum Gasteiger partial charge on any atom is -0.401 e. The van der Waals surface area contributed by atoms with Gasteiger partial charge in [0.05, 0.1) is 12.8 Å². The molecule has 0 bridgehead atoms. The summed E-state index contributed by atoms with van der Waals surface area (Å²) in [6.07, 6.45) is 4.81. The molecule has 2 rings (SSSR count). The normalized spacial score (nSPS) is 14.1. The van der Waals surface area contributed by atoms with Gasteiger partial charge in [0.25, 0.3) is 0 Å². The first kappa shape index (κ1) is 11.5. The van der Waals surface area contributed by atoms with Gasteiger partial charge in [-0.25, -0.2) is 14.2 Å². The molecule has 1 aromatic heterocycles. The third-order valence-electron chi connectivity index (χ3n) is 2.46. The quantitative estimate of drug-likeness (QED) is 0.574. The van der Waals surface area contributed by atoms with Gasteiger partial charge in [0.1, 0.15) is 11.6 Å². The molecule has 0 unspecified atom stereocenters. The Balaban J connectivity index is 2.21. The maximum absolute atomic E-state index is 13.1. The molecule has 0 amide bonds. The van der Waals surface area contributed by atoms with E-state index in [0.29, 0.717) is 11.9 Å². The Labute approximate surface area is 100 Å². The summed E-state index contributed by atoms with van der Waals surface area (Å²) in [4.78, 5) is 10.8. The Kier molecular flexibility index (Phi) is 3.00. The Morgan fingerprint density at radius 2 is 2.24 bits per heavy atom. The fraction of sp³-hybridized carbons (Fsp3) is 0.273. The molecule has 0 aliphatic carbocycles. The predicted octanol–water partition coefficient (Wildman–Crippen LogP) is 2.31. The van der Waals surface area contributed by atoms with E-state index < -0.39 is 5.82 Å². The molecule has 1 aromatic rings. The van der Waals surface area contributed by atoms with E-state index in [1.54, 1.807) is 4.81 Å². The van der Waals surface area contributed by atoms with Crippen LogP contribution >= 0.6 is 0 Å². The van der Waals surface area contributed by atoms with E-state index in [9.17, 15) is 4.39 Å². The summed E-state index contributed by atoms with van der Waals surface area (Å²) >= 11 is 0. The van der Waals surface area contributed by atoms with Gasteiger partial charge in [0.2, 0.25) is 5.69 Å². The number of pyridine rings is 1. The van der Waals surface area contributed by atoms with Crippen molar-refractivity contribution < 1.29 is 4.39 Å². The van der Waals surface area contributed by atoms with Crippen LogP contribution in [0.3, 0.4) is 0 Å². The molecule has 6 heteroatoms. The van der Waals surface area contributed by atoms with Gasteiger partial charge in [0.15, 0.2) is 0 Å². The number of halogens is 1. The van der Waals surface area contributed by atoms with Crippen molar-refractivity contribution in [3.63, 3.8) is 0 Å². The second kappa shape index (κ2) is 4.46. The van der Waals surface area contributed by atoms with Crippen LogP contribution in [0.25, 0.3) is 4.85 Å². The van der Waals surface area contributed by atoms with Crippen molar-refractivity contribution in [1.29, 1.82) is 0 Å². The third-order valence-corrected chi connectivity index (χ3v) is 2.46. The van der Waals surface area contributed by atoms with E-state index in [-0.39, 0.29) is 5.69 Å². The zero-order valence-electron chi connectivity index (χ0n) is 9.63. The second-order valence-corrected chi connectivity index (χ2v) is 3.97. The van der Waals surface area contributed by atoms with Gasteiger partial charge in [-0.05, 0) is 19.9 Å². The predicted molar refractivity (Wildman–Crippen MR) is 64.8 cm³/mol. The van der Waals surface area contributed by atoms with Crippen molar-refractivity contribution >= 4 is 19.1 Å². The molecule has 0 saturated carbocycles. The molecule has 17 heavy (non-hydrogen) atoms. The van der Waals surface area contributed by atoms with Crippen LogP contribution in [-0.2, 0) is 0 Å². The molecular weight excluding hydrogens is 218 g/mol. The molecule has 1 aliphatic rings. The molecule has 2 heterocycles. The van der Waals surface area contributed by atoms with Crippen LogP contribution in [0.2, 0.25) is 0 Å². The van der Waals surface area contributed by atoms with E-state index in [0.717, 1.165) is 6.20 Å². The van der Waals surface area contributed by atoms with Crippen LogP contribution in [0.5, 0.6) is 0 Å². The minimum atomic E-state index is -0.590. The van der Waals surface area contributed by atoms with E-state index >= 15 is 0 Å². The first-order valence-corrected chi connectivity index (χ1v) is 5.24. The number of aromatic nitrogens is 1. The van der Waals surface area contributed by atoms with Crippen molar-refractivity contribution in [1.82, 2.24) is 9.79 Å². The summed E-state index contributed by atoms with van der Waals surface area (Å²) in [6.45, 7) is 11.0. The van der Waals surface area contributed by atoms with Crippen molar-refractivity contribution in [3.8, 4) is 0 Å². The van der Waals surface area contributed by atoms with Crippen LogP contribution in [0.1, 0.15) is 13.8 Å². The first-order chi connectivity index (χ1) is 8.11. The van der Waals surface area contributed by atoms with Crippen LogP contribution in [0.4, 0.5) is 15.9 Å². The van der Waals surface area contributed by atoms with Crippen LogP contribution in [0, 0.1) is 12.4 Å². The van der Waals surface area contributed by atoms with Gasteiger partial charge in [-0.3, -0.25) is 0 Å². The summed E-state index contributed by atoms with van der Waals surface area (Å²) in [5.74, 6) is -0.0514. The third kappa shape index (κ3) is 2.23. The molecule has 0 N–H and O–H groups in total. The van der Waals surface area contributed by atoms with Crippen LogP contribution in [-0.4, -0.2) is 23.4 Å². The molecule has 0 atom stereocenters. The highest BCUT2D eigenvalue weighted by Crippen LogP contribution is 2.24. The number of nitrogens with zero attached hydrogens (tertiary/aromatic N) is 4. The standard InChI is InChI=1S/C11H11BFN4/c1-8(2)16-4-5-17(12-16)11-6-10(14-3)9(13)7-15-11/h4-8H,1-2H3. The molecule has 0 fully saturated rings. The number of hydrogen-bond acceptors (Lipinski definition) is 3. The van der Waals surface area contributed by atoms with E-state index in [4.69, 9.17) is 6.57 Å². The molecule has 1 aliphatic heterocycles. The largest absolute Gasteiger partial charge is 0.401 e. The number of rotatable bonds is 2. The fourth-order valence-corrected chi connectivity index (χ4v) is 1.45. The van der Waals surface area contributed by atoms with Crippen LogP contribution < -0.4 is 4.81 Å². The van der Waals surface area contributed by atoms with Crippen molar-refractivity contribution in [2.24, 2.45) is 0 Å².